The second kappa shape index (κ2) is 9.11. The second-order valence-corrected chi connectivity index (χ2v) is 7.44. The molecule has 0 spiro atoms. The topological polar surface area (TPSA) is 137 Å². The molecule has 3 heterocycles. The van der Waals surface area contributed by atoms with Crippen LogP contribution >= 0.6 is 0 Å². The molecule has 2 atom stereocenters. The van der Waals surface area contributed by atoms with Crippen molar-refractivity contribution < 1.29 is 29.3 Å². The largest absolute Gasteiger partial charge is 0.504 e. The fraction of sp³-hybridized carbons (Fsp3) is 0.261. The van der Waals surface area contributed by atoms with Crippen molar-refractivity contribution in [2.75, 3.05) is 18.5 Å². The van der Waals surface area contributed by atoms with Crippen LogP contribution in [0.4, 0.5) is 11.7 Å². The summed E-state index contributed by atoms with van der Waals surface area (Å²) < 4.78 is 11.3. The van der Waals surface area contributed by atoms with Gasteiger partial charge in [-0.25, -0.2) is 14.8 Å². The number of aromatic carboxylic acids is 1. The van der Waals surface area contributed by atoms with Crippen molar-refractivity contribution >= 4 is 35.5 Å². The molecule has 32 heavy (non-hydrogen) atoms. The van der Waals surface area contributed by atoms with Crippen molar-refractivity contribution in [2.24, 2.45) is 10.9 Å². The first-order valence-corrected chi connectivity index (χ1v) is 10.2. The van der Waals surface area contributed by atoms with Crippen LogP contribution in [0.2, 0.25) is 0 Å². The summed E-state index contributed by atoms with van der Waals surface area (Å²) in [6, 6.07) is 3.33. The standard InChI is InChI=1S/C23H23N3O6/c1-13-10-15(31-9-3-8-27)5-6-17(13)26-22-19(23(29)30)20(28)18(32-22)11-14-12-25-21-16(14)4-2-7-24-21/h2,4-7,10-13,17,26-28H,3,8-9H2,1H3,(H,29,30). The van der Waals surface area contributed by atoms with E-state index in [1.54, 1.807) is 24.6 Å². The maximum Gasteiger partial charge on any atom is 0.345 e. The zero-order chi connectivity index (χ0) is 22.7. The lowest BCUT2D eigenvalue weighted by Gasteiger charge is -2.24. The van der Waals surface area contributed by atoms with E-state index < -0.39 is 11.7 Å². The molecule has 4 N–H and O–H groups in total. The van der Waals surface area contributed by atoms with Crippen LogP contribution < -0.4 is 5.32 Å². The predicted octanol–water partition coefficient (Wildman–Crippen LogP) is 3.60. The van der Waals surface area contributed by atoms with Crippen LogP contribution in [0.5, 0.6) is 5.75 Å². The molecule has 166 valence electrons. The number of carboxylic acids is 1. The van der Waals surface area contributed by atoms with Gasteiger partial charge < -0.3 is 29.8 Å². The van der Waals surface area contributed by atoms with E-state index in [4.69, 9.17) is 14.3 Å². The Labute approximate surface area is 184 Å². The van der Waals surface area contributed by atoms with Gasteiger partial charge in [0.05, 0.1) is 12.6 Å². The van der Waals surface area contributed by atoms with Crippen LogP contribution in [0.15, 0.2) is 51.7 Å². The van der Waals surface area contributed by atoms with E-state index in [-0.39, 0.29) is 35.8 Å². The van der Waals surface area contributed by atoms with E-state index in [2.05, 4.69) is 15.3 Å². The number of aliphatic hydroxyl groups excluding tert-OH is 1. The number of aromatic nitrogens is 1. The van der Waals surface area contributed by atoms with Crippen LogP contribution in [0, 0.1) is 5.92 Å². The number of pyridine rings is 1. The molecule has 0 fully saturated rings. The zero-order valence-electron chi connectivity index (χ0n) is 17.4. The Kier molecular flexibility index (Phi) is 6.09. The third-order valence-corrected chi connectivity index (χ3v) is 5.16. The Morgan fingerprint density at radius 1 is 1.41 bits per heavy atom. The normalized spacial score (nSPS) is 20.3. The van der Waals surface area contributed by atoms with E-state index in [0.29, 0.717) is 30.2 Å². The summed E-state index contributed by atoms with van der Waals surface area (Å²) in [4.78, 5) is 20.2. The monoisotopic (exact) mass is 437 g/mol. The number of nitrogens with one attached hydrogen (secondary N) is 1. The lowest BCUT2D eigenvalue weighted by molar-refractivity contribution is 0.0694. The number of fused-ring (bicyclic) bond motifs is 1. The number of ether oxygens (including phenoxy) is 1. The molecule has 2 aromatic rings. The number of hydrogen-bond donors (Lipinski definition) is 4. The molecule has 2 unspecified atom stereocenters. The van der Waals surface area contributed by atoms with Crippen molar-refractivity contribution in [2.45, 2.75) is 19.4 Å². The molecule has 0 saturated carbocycles. The van der Waals surface area contributed by atoms with Gasteiger partial charge >= 0.3 is 5.97 Å². The lowest BCUT2D eigenvalue weighted by Crippen LogP contribution is -2.27. The molecule has 2 aliphatic rings. The minimum Gasteiger partial charge on any atom is -0.504 e. The number of allylic oxidation sites excluding steroid dienone is 2. The smallest absolute Gasteiger partial charge is 0.345 e. The molecule has 1 aliphatic heterocycles. The Morgan fingerprint density at radius 3 is 3.00 bits per heavy atom. The SMILES string of the molecule is CC1C=C(OCCCO)C=CC1Nc1oc(C=C2C=Nc3ncccc32)c(O)c1C(=O)O. The van der Waals surface area contributed by atoms with Gasteiger partial charge in [-0.2, -0.15) is 0 Å². The number of carboxylic acid groups (broad SMARTS) is 1. The van der Waals surface area contributed by atoms with Crippen molar-refractivity contribution in [3.8, 4) is 5.75 Å². The molecular weight excluding hydrogens is 414 g/mol. The maximum atomic E-state index is 11.8. The quantitative estimate of drug-likeness (QED) is 0.460. The second-order valence-electron chi connectivity index (χ2n) is 7.44. The van der Waals surface area contributed by atoms with Crippen molar-refractivity contribution in [3.63, 3.8) is 0 Å². The van der Waals surface area contributed by atoms with Crippen LogP contribution in [0.25, 0.3) is 11.6 Å². The van der Waals surface area contributed by atoms with E-state index in [0.717, 1.165) is 5.56 Å². The maximum absolute atomic E-state index is 11.8. The summed E-state index contributed by atoms with van der Waals surface area (Å²) in [6.07, 6.45) is 10.8. The average Bonchev–Trinajstić information content (AvgIpc) is 3.31. The van der Waals surface area contributed by atoms with Gasteiger partial charge in [-0.15, -0.1) is 0 Å². The van der Waals surface area contributed by atoms with Gasteiger partial charge in [-0.1, -0.05) is 13.0 Å². The predicted molar refractivity (Wildman–Crippen MR) is 119 cm³/mol. The third kappa shape index (κ3) is 4.28. The van der Waals surface area contributed by atoms with E-state index >= 15 is 0 Å². The number of anilines is 1. The van der Waals surface area contributed by atoms with Gasteiger partial charge in [0.2, 0.25) is 5.88 Å². The summed E-state index contributed by atoms with van der Waals surface area (Å²) >= 11 is 0. The van der Waals surface area contributed by atoms with E-state index in [1.807, 2.05) is 25.1 Å². The van der Waals surface area contributed by atoms with Gasteiger partial charge in [0, 0.05) is 42.5 Å². The van der Waals surface area contributed by atoms with Crippen LogP contribution in [-0.4, -0.2) is 51.7 Å². The van der Waals surface area contributed by atoms with Crippen LogP contribution in [0.1, 0.15) is 35.0 Å². The van der Waals surface area contributed by atoms with Crippen molar-refractivity contribution in [1.29, 1.82) is 0 Å². The van der Waals surface area contributed by atoms with E-state index in [1.165, 1.54) is 6.08 Å². The molecule has 4 rings (SSSR count). The lowest BCUT2D eigenvalue weighted by atomic mass is 9.96. The number of furan rings is 1. The Bertz CT molecular complexity index is 1140. The number of aliphatic hydroxyl groups is 1. The number of nitrogens with zero attached hydrogens (tertiary/aromatic N) is 2. The molecule has 0 radical (unpaired) electrons. The summed E-state index contributed by atoms with van der Waals surface area (Å²) in [6.45, 7) is 2.41. The molecule has 0 saturated heterocycles. The van der Waals surface area contributed by atoms with Gasteiger partial charge in [0.1, 0.15) is 5.76 Å². The molecule has 1 aliphatic carbocycles. The number of rotatable bonds is 8. The highest BCUT2D eigenvalue weighted by atomic mass is 16.5. The third-order valence-electron chi connectivity index (χ3n) is 5.16. The zero-order valence-corrected chi connectivity index (χ0v) is 17.4. The average molecular weight is 437 g/mol. The molecule has 0 amide bonds. The Balaban J connectivity index is 1.57. The molecule has 0 aromatic carbocycles. The minimum atomic E-state index is -1.31. The molecule has 2 aromatic heterocycles. The summed E-state index contributed by atoms with van der Waals surface area (Å²) in [5.41, 5.74) is 1.07. The summed E-state index contributed by atoms with van der Waals surface area (Å²) in [5.74, 6) is -0.609. The highest BCUT2D eigenvalue weighted by molar-refractivity contribution is 6.21. The summed E-state index contributed by atoms with van der Waals surface area (Å²) in [5, 5.41) is 32.1. The van der Waals surface area contributed by atoms with Crippen LogP contribution in [0.3, 0.4) is 0 Å². The molecular formula is C23H23N3O6. The highest BCUT2D eigenvalue weighted by Crippen LogP contribution is 2.38. The number of aliphatic imine (C=N–C) groups is 1. The first-order valence-electron chi connectivity index (χ1n) is 10.2. The Morgan fingerprint density at radius 2 is 2.25 bits per heavy atom. The van der Waals surface area contributed by atoms with Gasteiger partial charge in [0.15, 0.2) is 22.9 Å². The molecule has 0 bridgehead atoms. The first kappa shape index (κ1) is 21.4. The fourth-order valence-corrected chi connectivity index (χ4v) is 3.49. The van der Waals surface area contributed by atoms with E-state index in [9.17, 15) is 15.0 Å². The summed E-state index contributed by atoms with van der Waals surface area (Å²) in [7, 11) is 0. The Hall–Kier alpha value is -3.85. The van der Waals surface area contributed by atoms with Crippen LogP contribution in [-0.2, 0) is 4.74 Å². The highest BCUT2D eigenvalue weighted by Gasteiger charge is 2.28. The molecule has 9 heteroatoms. The molecule has 9 nitrogen and oxygen atoms in total. The van der Waals surface area contributed by atoms with Crippen molar-refractivity contribution in [1.82, 2.24) is 4.98 Å². The van der Waals surface area contributed by atoms with Crippen molar-refractivity contribution in [3.05, 3.63) is 59.2 Å². The first-order chi connectivity index (χ1) is 15.5. The number of carbonyl (C=O) groups is 1. The van der Waals surface area contributed by atoms with Gasteiger partial charge in [0.25, 0.3) is 0 Å². The van der Waals surface area contributed by atoms with Gasteiger partial charge in [-0.05, 0) is 30.4 Å². The minimum absolute atomic E-state index is 0.0130. The van der Waals surface area contributed by atoms with Gasteiger partial charge in [-0.3, -0.25) is 0 Å². The number of aromatic hydroxyl groups is 1. The fourth-order valence-electron chi connectivity index (χ4n) is 3.49. The number of hydrogen-bond acceptors (Lipinski definition) is 8.